The van der Waals surface area contributed by atoms with Crippen molar-refractivity contribution in [3.63, 3.8) is 0 Å². The van der Waals surface area contributed by atoms with Crippen molar-refractivity contribution in [2.24, 2.45) is 5.73 Å². The first kappa shape index (κ1) is 14.5. The molecule has 0 bridgehead atoms. The third kappa shape index (κ3) is 4.38. The number of amides is 1. The third-order valence-corrected chi connectivity index (χ3v) is 3.17. The van der Waals surface area contributed by atoms with Crippen LogP contribution in [-0.4, -0.2) is 29.3 Å². The number of nitrogens with two attached hydrogens (primary N) is 1. The Bertz CT molecular complexity index is 437. The van der Waals surface area contributed by atoms with Crippen molar-refractivity contribution in [1.82, 2.24) is 0 Å². The summed E-state index contributed by atoms with van der Waals surface area (Å²) in [7, 11) is 0. The molecule has 0 saturated carbocycles. The number of nitrogens with one attached hydrogen (secondary N) is 1. The Morgan fingerprint density at radius 1 is 1.44 bits per heavy atom. The fraction of sp³-hybridized carbons (Fsp3) is 0.333. The maximum atomic E-state index is 11.8. The quantitative estimate of drug-likeness (QED) is 0.681. The number of carboxylic acid groups (broad SMARTS) is 1. The largest absolute Gasteiger partial charge is 0.481 e. The fourth-order valence-electron chi connectivity index (χ4n) is 1.38. The first-order valence-corrected chi connectivity index (χ1v) is 6.68. The molecule has 0 aliphatic rings. The monoisotopic (exact) mass is 268 g/mol. The van der Waals surface area contributed by atoms with E-state index in [-0.39, 0.29) is 18.7 Å². The lowest BCUT2D eigenvalue weighted by Gasteiger charge is -2.13. The number of rotatable bonds is 6. The van der Waals surface area contributed by atoms with Crippen molar-refractivity contribution < 1.29 is 14.7 Å². The Morgan fingerprint density at radius 3 is 2.72 bits per heavy atom. The van der Waals surface area contributed by atoms with Crippen LogP contribution in [0, 0.1) is 0 Å². The molecule has 5 nitrogen and oxygen atoms in total. The minimum Gasteiger partial charge on any atom is -0.481 e. The second kappa shape index (κ2) is 7.03. The molecule has 0 saturated heterocycles. The summed E-state index contributed by atoms with van der Waals surface area (Å²) in [5.41, 5.74) is 6.32. The van der Waals surface area contributed by atoms with Gasteiger partial charge in [-0.3, -0.25) is 9.59 Å². The summed E-state index contributed by atoms with van der Waals surface area (Å²) in [6.45, 7) is 0. The Kier molecular flexibility index (Phi) is 5.67. The van der Waals surface area contributed by atoms with Crippen LogP contribution in [0.3, 0.4) is 0 Å². The molecule has 1 amide bonds. The Labute approximate surface area is 110 Å². The van der Waals surface area contributed by atoms with Gasteiger partial charge in [0.15, 0.2) is 0 Å². The van der Waals surface area contributed by atoms with Gasteiger partial charge in [-0.15, -0.1) is 11.8 Å². The highest BCUT2D eigenvalue weighted by Gasteiger charge is 2.15. The van der Waals surface area contributed by atoms with Crippen molar-refractivity contribution in [3.8, 4) is 0 Å². The lowest BCUT2D eigenvalue weighted by atomic mass is 10.1. The van der Waals surface area contributed by atoms with Gasteiger partial charge >= 0.3 is 5.97 Å². The SMILES string of the molecule is CSc1ccccc1NC(=O)C(N)CCC(=O)O. The van der Waals surface area contributed by atoms with Crippen LogP contribution < -0.4 is 11.1 Å². The molecule has 0 aromatic heterocycles. The molecule has 1 aromatic carbocycles. The van der Waals surface area contributed by atoms with Gasteiger partial charge in [0.25, 0.3) is 0 Å². The number of carboxylic acids is 1. The normalized spacial score (nSPS) is 11.9. The first-order valence-electron chi connectivity index (χ1n) is 5.46. The molecule has 0 heterocycles. The molecule has 0 spiro atoms. The van der Waals surface area contributed by atoms with Crippen molar-refractivity contribution >= 4 is 29.3 Å². The molecular formula is C12H16N2O3S. The minimum absolute atomic E-state index is 0.112. The van der Waals surface area contributed by atoms with Crippen LogP contribution in [0.1, 0.15) is 12.8 Å². The van der Waals surface area contributed by atoms with E-state index in [1.807, 2.05) is 24.5 Å². The van der Waals surface area contributed by atoms with Gasteiger partial charge in [0, 0.05) is 11.3 Å². The Hall–Kier alpha value is -1.53. The first-order chi connectivity index (χ1) is 8.54. The summed E-state index contributed by atoms with van der Waals surface area (Å²) in [6, 6.07) is 6.57. The minimum atomic E-state index is -0.956. The van der Waals surface area contributed by atoms with E-state index in [1.54, 1.807) is 6.07 Å². The molecule has 4 N–H and O–H groups in total. The van der Waals surface area contributed by atoms with Crippen LogP contribution in [0.15, 0.2) is 29.2 Å². The maximum absolute atomic E-state index is 11.8. The maximum Gasteiger partial charge on any atom is 0.303 e. The number of hydrogen-bond acceptors (Lipinski definition) is 4. The zero-order valence-electron chi connectivity index (χ0n) is 10.1. The van der Waals surface area contributed by atoms with E-state index >= 15 is 0 Å². The van der Waals surface area contributed by atoms with E-state index < -0.39 is 12.0 Å². The van der Waals surface area contributed by atoms with Crippen LogP contribution in [0.25, 0.3) is 0 Å². The second-order valence-electron chi connectivity index (χ2n) is 3.73. The number of carbonyl (C=O) groups is 2. The highest BCUT2D eigenvalue weighted by atomic mass is 32.2. The molecule has 98 valence electrons. The van der Waals surface area contributed by atoms with Crippen LogP contribution in [-0.2, 0) is 9.59 Å². The van der Waals surface area contributed by atoms with E-state index in [4.69, 9.17) is 10.8 Å². The molecule has 1 aromatic rings. The van der Waals surface area contributed by atoms with Crippen molar-refractivity contribution in [3.05, 3.63) is 24.3 Å². The highest BCUT2D eigenvalue weighted by Crippen LogP contribution is 2.24. The highest BCUT2D eigenvalue weighted by molar-refractivity contribution is 7.98. The Morgan fingerprint density at radius 2 is 2.11 bits per heavy atom. The number of para-hydroxylation sites is 1. The molecule has 1 unspecified atom stereocenters. The number of benzene rings is 1. The van der Waals surface area contributed by atoms with Gasteiger partial charge in [-0.1, -0.05) is 12.1 Å². The summed E-state index contributed by atoms with van der Waals surface area (Å²) in [6.07, 6.45) is 1.93. The van der Waals surface area contributed by atoms with Gasteiger partial charge in [0.2, 0.25) is 5.91 Å². The van der Waals surface area contributed by atoms with E-state index in [0.717, 1.165) is 4.90 Å². The summed E-state index contributed by atoms with van der Waals surface area (Å²) in [5.74, 6) is -1.32. The summed E-state index contributed by atoms with van der Waals surface area (Å²) >= 11 is 1.52. The van der Waals surface area contributed by atoms with Crippen LogP contribution in [0.2, 0.25) is 0 Å². The predicted molar refractivity (Wildman–Crippen MR) is 71.7 cm³/mol. The summed E-state index contributed by atoms with van der Waals surface area (Å²) in [5, 5.41) is 11.2. The smallest absolute Gasteiger partial charge is 0.303 e. The third-order valence-electron chi connectivity index (χ3n) is 2.37. The van der Waals surface area contributed by atoms with Gasteiger partial charge in [0.05, 0.1) is 11.7 Å². The zero-order chi connectivity index (χ0) is 13.5. The van der Waals surface area contributed by atoms with E-state index in [0.29, 0.717) is 5.69 Å². The standard InChI is InChI=1S/C12H16N2O3S/c1-18-10-5-3-2-4-9(10)14-12(17)8(13)6-7-11(15)16/h2-5,8H,6-7,13H2,1H3,(H,14,17)(H,15,16). The van der Waals surface area contributed by atoms with Crippen molar-refractivity contribution in [2.75, 3.05) is 11.6 Å². The van der Waals surface area contributed by atoms with Crippen LogP contribution in [0.4, 0.5) is 5.69 Å². The summed E-state index contributed by atoms with van der Waals surface area (Å²) < 4.78 is 0. The number of carbonyl (C=O) groups excluding carboxylic acids is 1. The predicted octanol–water partition coefficient (Wildman–Crippen LogP) is 1.54. The molecule has 6 heteroatoms. The van der Waals surface area contributed by atoms with Crippen molar-refractivity contribution in [1.29, 1.82) is 0 Å². The molecule has 0 fully saturated rings. The number of aliphatic carboxylic acids is 1. The Balaban J connectivity index is 2.60. The summed E-state index contributed by atoms with van der Waals surface area (Å²) in [4.78, 5) is 23.1. The van der Waals surface area contributed by atoms with Crippen molar-refractivity contribution in [2.45, 2.75) is 23.8 Å². The van der Waals surface area contributed by atoms with E-state index in [2.05, 4.69) is 5.32 Å². The van der Waals surface area contributed by atoms with Gasteiger partial charge in [0.1, 0.15) is 0 Å². The molecule has 1 rings (SSSR count). The molecule has 0 radical (unpaired) electrons. The average molecular weight is 268 g/mol. The van der Waals surface area contributed by atoms with Gasteiger partial charge in [-0.25, -0.2) is 0 Å². The van der Waals surface area contributed by atoms with Gasteiger partial charge in [-0.05, 0) is 24.8 Å². The lowest BCUT2D eigenvalue weighted by molar-refractivity contribution is -0.137. The van der Waals surface area contributed by atoms with Gasteiger partial charge < -0.3 is 16.2 Å². The topological polar surface area (TPSA) is 92.4 Å². The lowest BCUT2D eigenvalue weighted by Crippen LogP contribution is -2.36. The number of anilines is 1. The fourth-order valence-corrected chi connectivity index (χ4v) is 1.94. The number of thioether (sulfide) groups is 1. The molecule has 0 aliphatic carbocycles. The zero-order valence-corrected chi connectivity index (χ0v) is 10.9. The van der Waals surface area contributed by atoms with Gasteiger partial charge in [-0.2, -0.15) is 0 Å². The molecule has 1 atom stereocenters. The van der Waals surface area contributed by atoms with E-state index in [9.17, 15) is 9.59 Å². The second-order valence-corrected chi connectivity index (χ2v) is 4.58. The molecule has 0 aliphatic heterocycles. The molecule has 18 heavy (non-hydrogen) atoms. The van der Waals surface area contributed by atoms with E-state index in [1.165, 1.54) is 11.8 Å². The number of hydrogen-bond donors (Lipinski definition) is 3. The van der Waals surface area contributed by atoms with Crippen LogP contribution in [0.5, 0.6) is 0 Å². The average Bonchev–Trinajstić information content (AvgIpc) is 2.36. The van der Waals surface area contributed by atoms with Crippen LogP contribution >= 0.6 is 11.8 Å². The molecular weight excluding hydrogens is 252 g/mol.